The lowest BCUT2D eigenvalue weighted by atomic mass is 10.1. The maximum absolute atomic E-state index is 9.30. The van der Waals surface area contributed by atoms with Crippen LogP contribution in [0, 0.1) is 0 Å². The molecule has 0 fully saturated rings. The summed E-state index contributed by atoms with van der Waals surface area (Å²) in [6.45, 7) is 0. The number of rotatable bonds is 2. The Kier molecular flexibility index (Phi) is 3.27. The molecule has 0 aromatic heterocycles. The number of hydrogen-bond donors (Lipinski definition) is 1. The van der Waals surface area contributed by atoms with E-state index in [9.17, 15) is 5.11 Å². The minimum absolute atomic E-state index is 0.220. The molecule has 1 aromatic rings. The number of aliphatic hydroxyl groups is 1. The van der Waals surface area contributed by atoms with Crippen molar-refractivity contribution in [1.29, 1.82) is 0 Å². The molecule has 1 N–H and O–H groups in total. The summed E-state index contributed by atoms with van der Waals surface area (Å²) in [4.78, 5) is 1.30. The first-order valence-electron chi connectivity index (χ1n) is 4.93. The third-order valence-corrected chi connectivity index (χ3v) is 3.57. The van der Waals surface area contributed by atoms with E-state index in [4.69, 9.17) is 0 Å². The Balaban J connectivity index is 1.96. The SMILES string of the molecule is O[C@@H]1C=C[C@H](Sc2ccccc2)CC1. The van der Waals surface area contributed by atoms with Gasteiger partial charge in [0, 0.05) is 10.1 Å². The third-order valence-electron chi connectivity index (χ3n) is 2.33. The standard InChI is InChI=1S/C12H14OS/c13-10-6-8-12(9-7-10)14-11-4-2-1-3-5-11/h1-6,8,10,12-13H,7,9H2/t10-,12+/m1/s1. The Morgan fingerprint density at radius 1 is 1.07 bits per heavy atom. The van der Waals surface area contributed by atoms with Crippen LogP contribution < -0.4 is 0 Å². The molecule has 74 valence electrons. The van der Waals surface area contributed by atoms with Crippen LogP contribution in [0.15, 0.2) is 47.4 Å². The van der Waals surface area contributed by atoms with E-state index >= 15 is 0 Å². The predicted molar refractivity (Wildman–Crippen MR) is 60.5 cm³/mol. The van der Waals surface area contributed by atoms with Gasteiger partial charge in [-0.05, 0) is 25.0 Å². The van der Waals surface area contributed by atoms with Crippen molar-refractivity contribution < 1.29 is 5.11 Å². The quantitative estimate of drug-likeness (QED) is 0.751. The summed E-state index contributed by atoms with van der Waals surface area (Å²) >= 11 is 1.87. The molecule has 0 bridgehead atoms. The summed E-state index contributed by atoms with van der Waals surface area (Å²) in [5.41, 5.74) is 0. The number of hydrogen-bond acceptors (Lipinski definition) is 2. The van der Waals surface area contributed by atoms with Crippen LogP contribution in [0.5, 0.6) is 0 Å². The predicted octanol–water partition coefficient (Wildman–Crippen LogP) is 2.86. The molecule has 1 nitrogen and oxygen atoms in total. The molecule has 0 radical (unpaired) electrons. The minimum atomic E-state index is -0.220. The van der Waals surface area contributed by atoms with E-state index in [1.807, 2.05) is 23.9 Å². The zero-order valence-electron chi connectivity index (χ0n) is 7.97. The average molecular weight is 206 g/mol. The second-order valence-electron chi connectivity index (χ2n) is 3.50. The first kappa shape index (κ1) is 9.81. The van der Waals surface area contributed by atoms with Gasteiger partial charge in [-0.2, -0.15) is 0 Å². The zero-order valence-corrected chi connectivity index (χ0v) is 8.78. The highest BCUT2D eigenvalue weighted by atomic mass is 32.2. The molecule has 2 atom stereocenters. The molecule has 0 unspecified atom stereocenters. The molecule has 0 saturated carbocycles. The van der Waals surface area contributed by atoms with Gasteiger partial charge in [-0.15, -0.1) is 11.8 Å². The Morgan fingerprint density at radius 2 is 1.86 bits per heavy atom. The fourth-order valence-electron chi connectivity index (χ4n) is 1.55. The van der Waals surface area contributed by atoms with Gasteiger partial charge in [0.1, 0.15) is 0 Å². The van der Waals surface area contributed by atoms with Crippen LogP contribution in [0.1, 0.15) is 12.8 Å². The lowest BCUT2D eigenvalue weighted by Gasteiger charge is -2.18. The third kappa shape index (κ3) is 2.63. The van der Waals surface area contributed by atoms with Gasteiger partial charge in [0.15, 0.2) is 0 Å². The largest absolute Gasteiger partial charge is 0.389 e. The molecular weight excluding hydrogens is 192 g/mol. The van der Waals surface area contributed by atoms with Crippen LogP contribution in [0.4, 0.5) is 0 Å². The summed E-state index contributed by atoms with van der Waals surface area (Å²) < 4.78 is 0. The summed E-state index contributed by atoms with van der Waals surface area (Å²) in [6.07, 6.45) is 5.76. The van der Waals surface area contributed by atoms with Crippen LogP contribution in [0.3, 0.4) is 0 Å². The van der Waals surface area contributed by atoms with Crippen LogP contribution in [-0.4, -0.2) is 16.5 Å². The fourth-order valence-corrected chi connectivity index (χ4v) is 2.64. The van der Waals surface area contributed by atoms with Gasteiger partial charge in [-0.1, -0.05) is 30.4 Å². The highest BCUT2D eigenvalue weighted by Gasteiger charge is 2.14. The summed E-state index contributed by atoms with van der Waals surface area (Å²) in [7, 11) is 0. The number of benzene rings is 1. The Bertz CT molecular complexity index is 307. The van der Waals surface area contributed by atoms with Crippen LogP contribution in [-0.2, 0) is 0 Å². The monoisotopic (exact) mass is 206 g/mol. The normalized spacial score (nSPS) is 26.4. The van der Waals surface area contributed by atoms with Crippen molar-refractivity contribution in [2.45, 2.75) is 29.1 Å². The molecule has 14 heavy (non-hydrogen) atoms. The van der Waals surface area contributed by atoms with Gasteiger partial charge >= 0.3 is 0 Å². The van der Waals surface area contributed by atoms with E-state index in [1.54, 1.807) is 0 Å². The molecule has 2 heteroatoms. The molecule has 1 aromatic carbocycles. The lowest BCUT2D eigenvalue weighted by Crippen LogP contribution is -2.13. The molecule has 0 heterocycles. The van der Waals surface area contributed by atoms with Crippen molar-refractivity contribution in [2.75, 3.05) is 0 Å². The van der Waals surface area contributed by atoms with Crippen molar-refractivity contribution in [2.24, 2.45) is 0 Å². The van der Waals surface area contributed by atoms with Crippen molar-refractivity contribution in [3.8, 4) is 0 Å². The van der Waals surface area contributed by atoms with Crippen molar-refractivity contribution >= 4 is 11.8 Å². The summed E-state index contributed by atoms with van der Waals surface area (Å²) in [6, 6.07) is 10.4. The molecule has 1 aliphatic rings. The maximum Gasteiger partial charge on any atom is 0.0721 e. The van der Waals surface area contributed by atoms with Gasteiger partial charge in [0.05, 0.1) is 6.10 Å². The Morgan fingerprint density at radius 3 is 2.50 bits per heavy atom. The van der Waals surface area contributed by atoms with Gasteiger partial charge in [-0.3, -0.25) is 0 Å². The lowest BCUT2D eigenvalue weighted by molar-refractivity contribution is 0.205. The first-order chi connectivity index (χ1) is 6.84. The highest BCUT2D eigenvalue weighted by Crippen LogP contribution is 2.29. The average Bonchev–Trinajstić information content (AvgIpc) is 2.23. The summed E-state index contributed by atoms with van der Waals surface area (Å²) in [5, 5.41) is 9.83. The first-order valence-corrected chi connectivity index (χ1v) is 5.80. The van der Waals surface area contributed by atoms with E-state index in [0.29, 0.717) is 5.25 Å². The molecule has 0 saturated heterocycles. The second-order valence-corrected chi connectivity index (χ2v) is 4.81. The maximum atomic E-state index is 9.30. The van der Waals surface area contributed by atoms with Gasteiger partial charge < -0.3 is 5.11 Å². The highest BCUT2D eigenvalue weighted by molar-refractivity contribution is 8.00. The number of thioether (sulfide) groups is 1. The Labute approximate surface area is 88.8 Å². The van der Waals surface area contributed by atoms with Crippen molar-refractivity contribution in [3.05, 3.63) is 42.5 Å². The number of aliphatic hydroxyl groups excluding tert-OH is 1. The van der Waals surface area contributed by atoms with E-state index in [0.717, 1.165) is 12.8 Å². The fraction of sp³-hybridized carbons (Fsp3) is 0.333. The van der Waals surface area contributed by atoms with Crippen molar-refractivity contribution in [3.63, 3.8) is 0 Å². The van der Waals surface area contributed by atoms with Gasteiger partial charge in [0.2, 0.25) is 0 Å². The van der Waals surface area contributed by atoms with E-state index in [-0.39, 0.29) is 6.10 Å². The Hall–Kier alpha value is -0.730. The zero-order chi connectivity index (χ0) is 9.80. The smallest absolute Gasteiger partial charge is 0.0721 e. The molecule has 0 aliphatic heterocycles. The van der Waals surface area contributed by atoms with Gasteiger partial charge in [0.25, 0.3) is 0 Å². The van der Waals surface area contributed by atoms with Gasteiger partial charge in [-0.25, -0.2) is 0 Å². The summed E-state index contributed by atoms with van der Waals surface area (Å²) in [5.74, 6) is 0. The van der Waals surface area contributed by atoms with E-state index in [2.05, 4.69) is 30.3 Å². The molecule has 0 spiro atoms. The minimum Gasteiger partial charge on any atom is -0.389 e. The van der Waals surface area contributed by atoms with Crippen LogP contribution in [0.25, 0.3) is 0 Å². The second kappa shape index (κ2) is 4.67. The van der Waals surface area contributed by atoms with Crippen LogP contribution >= 0.6 is 11.8 Å². The topological polar surface area (TPSA) is 20.2 Å². The van der Waals surface area contributed by atoms with Crippen molar-refractivity contribution in [1.82, 2.24) is 0 Å². The molecule has 0 amide bonds. The molecule has 1 aliphatic carbocycles. The molecule has 2 rings (SSSR count). The van der Waals surface area contributed by atoms with E-state index < -0.39 is 0 Å². The van der Waals surface area contributed by atoms with E-state index in [1.165, 1.54) is 4.90 Å². The van der Waals surface area contributed by atoms with Crippen LogP contribution in [0.2, 0.25) is 0 Å². The molecular formula is C12H14OS.